The predicted octanol–water partition coefficient (Wildman–Crippen LogP) is 0.722. The first-order valence-corrected chi connectivity index (χ1v) is 6.47. The number of rotatable bonds is 2. The average molecular weight is 224 g/mol. The monoisotopic (exact) mass is 224 g/mol. The number of piperidine rings is 1. The van der Waals surface area contributed by atoms with E-state index >= 15 is 0 Å². The fraction of sp³-hybridized carbons (Fsp3) is 0.800. The molecule has 3 heterocycles. The molecule has 1 aromatic heterocycles. The van der Waals surface area contributed by atoms with Crippen molar-refractivity contribution in [3.63, 3.8) is 0 Å². The van der Waals surface area contributed by atoms with Gasteiger partial charge in [0.2, 0.25) is 0 Å². The molecule has 3 rings (SSSR count). The van der Waals surface area contributed by atoms with Crippen LogP contribution >= 0.6 is 11.5 Å². The molecule has 1 aromatic rings. The lowest BCUT2D eigenvalue weighted by atomic mass is 9.94. The van der Waals surface area contributed by atoms with Crippen LogP contribution in [0.5, 0.6) is 0 Å². The zero-order chi connectivity index (χ0) is 10.1. The van der Waals surface area contributed by atoms with Crippen LogP contribution in [0.2, 0.25) is 0 Å². The molecule has 0 spiro atoms. The summed E-state index contributed by atoms with van der Waals surface area (Å²) in [6, 6.07) is 0.727. The van der Waals surface area contributed by atoms with Crippen molar-refractivity contribution in [2.45, 2.75) is 25.4 Å². The van der Waals surface area contributed by atoms with E-state index in [0.29, 0.717) is 0 Å². The van der Waals surface area contributed by atoms with Crippen molar-refractivity contribution >= 4 is 11.5 Å². The molecule has 82 valence electrons. The van der Waals surface area contributed by atoms with Crippen LogP contribution in [0.1, 0.15) is 18.5 Å². The van der Waals surface area contributed by atoms with E-state index in [2.05, 4.69) is 25.2 Å². The minimum absolute atomic E-state index is 0.727. The van der Waals surface area contributed by atoms with Crippen LogP contribution in [0.3, 0.4) is 0 Å². The lowest BCUT2D eigenvalue weighted by Gasteiger charge is -2.24. The molecule has 2 fully saturated rings. The van der Waals surface area contributed by atoms with Gasteiger partial charge in [0.1, 0.15) is 0 Å². The fourth-order valence-corrected chi connectivity index (χ4v) is 3.19. The Labute approximate surface area is 93.8 Å². The van der Waals surface area contributed by atoms with Crippen molar-refractivity contribution in [1.82, 2.24) is 19.8 Å². The van der Waals surface area contributed by atoms with Gasteiger partial charge in [0.05, 0.1) is 5.69 Å². The molecule has 0 unspecified atom stereocenters. The van der Waals surface area contributed by atoms with Gasteiger partial charge in [0, 0.05) is 31.1 Å². The number of likely N-dealkylation sites (tertiary alicyclic amines) is 1. The predicted molar refractivity (Wildman–Crippen MR) is 59.7 cm³/mol. The lowest BCUT2D eigenvalue weighted by molar-refractivity contribution is 0.309. The maximum Gasteiger partial charge on any atom is 0.0895 e. The normalized spacial score (nSPS) is 31.7. The molecular weight excluding hydrogens is 208 g/mol. The Morgan fingerprint density at radius 3 is 3.33 bits per heavy atom. The van der Waals surface area contributed by atoms with Gasteiger partial charge in [-0.2, -0.15) is 0 Å². The Hall–Kier alpha value is -0.520. The molecule has 2 aliphatic heterocycles. The number of nitrogens with one attached hydrogen (secondary N) is 1. The molecule has 5 heteroatoms. The molecule has 15 heavy (non-hydrogen) atoms. The number of hydrogen-bond donors (Lipinski definition) is 1. The van der Waals surface area contributed by atoms with Crippen molar-refractivity contribution < 1.29 is 0 Å². The number of fused-ring (bicyclic) bond motifs is 1. The molecule has 0 radical (unpaired) electrons. The highest BCUT2D eigenvalue weighted by molar-refractivity contribution is 7.03. The number of hydrogen-bond acceptors (Lipinski definition) is 5. The summed E-state index contributed by atoms with van der Waals surface area (Å²) < 4.78 is 3.90. The second kappa shape index (κ2) is 4.15. The van der Waals surface area contributed by atoms with E-state index in [1.807, 2.05) is 0 Å². The van der Waals surface area contributed by atoms with Crippen LogP contribution in [0.25, 0.3) is 0 Å². The maximum atomic E-state index is 4.10. The smallest absolute Gasteiger partial charge is 0.0895 e. The van der Waals surface area contributed by atoms with E-state index in [-0.39, 0.29) is 0 Å². The van der Waals surface area contributed by atoms with Gasteiger partial charge < -0.3 is 5.32 Å². The molecular formula is C10H16N4S. The van der Waals surface area contributed by atoms with E-state index in [0.717, 1.165) is 24.2 Å². The highest BCUT2D eigenvalue weighted by Crippen LogP contribution is 2.25. The second-order valence-corrected chi connectivity index (χ2v) is 5.16. The summed E-state index contributed by atoms with van der Waals surface area (Å²) in [5.41, 5.74) is 1.12. The van der Waals surface area contributed by atoms with Crippen molar-refractivity contribution in [2.24, 2.45) is 5.92 Å². The number of aromatic nitrogens is 2. The molecule has 0 saturated carbocycles. The zero-order valence-electron chi connectivity index (χ0n) is 8.72. The molecule has 0 aliphatic carbocycles. The standard InChI is InChI=1S/C10H16N4S/c1-2-8-4-14(6-10(8)11-3-1)5-9-7-15-13-12-9/h7-8,10-11H,1-6H2/t8-,10+/m0/s1. The molecule has 2 atom stereocenters. The van der Waals surface area contributed by atoms with Gasteiger partial charge in [-0.25, -0.2) is 0 Å². The molecule has 1 N–H and O–H groups in total. The summed E-state index contributed by atoms with van der Waals surface area (Å²) in [5, 5.41) is 9.77. The summed E-state index contributed by atoms with van der Waals surface area (Å²) in [4.78, 5) is 2.50. The third kappa shape index (κ3) is 2.04. The van der Waals surface area contributed by atoms with Crippen molar-refractivity contribution in [1.29, 1.82) is 0 Å². The largest absolute Gasteiger partial charge is 0.312 e. The van der Waals surface area contributed by atoms with Crippen LogP contribution in [0.4, 0.5) is 0 Å². The summed E-state index contributed by atoms with van der Waals surface area (Å²) in [6.07, 6.45) is 2.73. The fourth-order valence-electron chi connectivity index (χ4n) is 2.75. The maximum absolute atomic E-state index is 4.10. The van der Waals surface area contributed by atoms with Crippen LogP contribution in [0.15, 0.2) is 5.38 Å². The van der Waals surface area contributed by atoms with Crippen molar-refractivity contribution in [3.05, 3.63) is 11.1 Å². The zero-order valence-corrected chi connectivity index (χ0v) is 9.54. The third-order valence-electron chi connectivity index (χ3n) is 3.47. The van der Waals surface area contributed by atoms with E-state index in [4.69, 9.17) is 0 Å². The molecule has 2 aliphatic rings. The molecule has 2 saturated heterocycles. The van der Waals surface area contributed by atoms with E-state index < -0.39 is 0 Å². The van der Waals surface area contributed by atoms with Gasteiger partial charge in [-0.1, -0.05) is 4.49 Å². The van der Waals surface area contributed by atoms with Crippen LogP contribution in [-0.2, 0) is 6.54 Å². The summed E-state index contributed by atoms with van der Waals surface area (Å²) >= 11 is 1.45. The Balaban J connectivity index is 1.60. The highest BCUT2D eigenvalue weighted by atomic mass is 32.1. The third-order valence-corrected chi connectivity index (χ3v) is 4.02. The number of nitrogens with zero attached hydrogens (tertiary/aromatic N) is 3. The quantitative estimate of drug-likeness (QED) is 0.804. The molecule has 4 nitrogen and oxygen atoms in total. The first-order chi connectivity index (χ1) is 7.42. The Kier molecular flexibility index (Phi) is 2.68. The second-order valence-electron chi connectivity index (χ2n) is 4.55. The van der Waals surface area contributed by atoms with Crippen LogP contribution in [0, 0.1) is 5.92 Å². The first kappa shape index (κ1) is 9.69. The van der Waals surface area contributed by atoms with Gasteiger partial charge in [0.25, 0.3) is 0 Å². The van der Waals surface area contributed by atoms with Crippen LogP contribution in [-0.4, -0.2) is 40.2 Å². The molecule has 0 amide bonds. The van der Waals surface area contributed by atoms with Gasteiger partial charge in [-0.15, -0.1) is 5.10 Å². The molecule has 0 bridgehead atoms. The summed E-state index contributed by atoms with van der Waals surface area (Å²) in [5.74, 6) is 0.866. The van der Waals surface area contributed by atoms with Gasteiger partial charge >= 0.3 is 0 Å². The van der Waals surface area contributed by atoms with Gasteiger partial charge in [-0.3, -0.25) is 4.90 Å². The SMILES string of the molecule is c1snnc1CN1C[C@@H]2CCCN[C@@H]2C1. The van der Waals surface area contributed by atoms with Crippen molar-refractivity contribution in [2.75, 3.05) is 19.6 Å². The first-order valence-electron chi connectivity index (χ1n) is 5.63. The Bertz CT molecular complexity index is 299. The minimum atomic E-state index is 0.727. The minimum Gasteiger partial charge on any atom is -0.312 e. The highest BCUT2D eigenvalue weighted by Gasteiger charge is 2.34. The van der Waals surface area contributed by atoms with Crippen molar-refractivity contribution in [3.8, 4) is 0 Å². The van der Waals surface area contributed by atoms with Gasteiger partial charge in [-0.05, 0) is 36.8 Å². The van der Waals surface area contributed by atoms with E-state index in [1.54, 1.807) is 0 Å². The lowest BCUT2D eigenvalue weighted by Crippen LogP contribution is -2.40. The summed E-state index contributed by atoms with van der Waals surface area (Å²) in [7, 11) is 0. The Morgan fingerprint density at radius 2 is 2.53 bits per heavy atom. The van der Waals surface area contributed by atoms with E-state index in [1.165, 1.54) is 44.0 Å². The van der Waals surface area contributed by atoms with Crippen LogP contribution < -0.4 is 5.32 Å². The topological polar surface area (TPSA) is 41.1 Å². The average Bonchev–Trinajstić information content (AvgIpc) is 2.86. The Morgan fingerprint density at radius 1 is 1.53 bits per heavy atom. The van der Waals surface area contributed by atoms with E-state index in [9.17, 15) is 0 Å². The molecule has 0 aromatic carbocycles. The summed E-state index contributed by atoms with van der Waals surface area (Å²) in [6.45, 7) is 4.59. The van der Waals surface area contributed by atoms with Gasteiger partial charge in [0.15, 0.2) is 0 Å².